The van der Waals surface area contributed by atoms with Crippen molar-refractivity contribution in [2.45, 2.75) is 74.3 Å². The third kappa shape index (κ3) is 7.41. The highest BCUT2D eigenvalue weighted by Gasteiger charge is 2.45. The van der Waals surface area contributed by atoms with Gasteiger partial charge in [-0.25, -0.2) is 13.2 Å². The highest BCUT2D eigenvalue weighted by Crippen LogP contribution is 2.43. The number of halogens is 3. The lowest BCUT2D eigenvalue weighted by Crippen LogP contribution is -2.44. The van der Waals surface area contributed by atoms with Gasteiger partial charge in [0.2, 0.25) is 10.0 Å². The summed E-state index contributed by atoms with van der Waals surface area (Å²) in [5.74, 6) is -2.76. The number of benzene rings is 1. The number of piperidine rings is 1. The molecular formula is C24H35F3N2O6S. The fraction of sp³-hybridized carbons (Fsp3) is 0.708. The van der Waals surface area contributed by atoms with Crippen molar-refractivity contribution in [1.82, 2.24) is 9.21 Å². The van der Waals surface area contributed by atoms with Crippen molar-refractivity contribution < 1.29 is 41.3 Å². The number of likely N-dealkylation sites (N-methyl/N-ethyl adjacent to an activating group) is 1. The van der Waals surface area contributed by atoms with Gasteiger partial charge in [0.25, 0.3) is 0 Å². The average molecular weight is 537 g/mol. The Hall–Kier alpha value is -1.73. The number of aliphatic hydroxyl groups excluding tert-OH is 1. The maximum Gasteiger partial charge on any atom is 0.490 e. The Morgan fingerprint density at radius 3 is 2.22 bits per heavy atom. The van der Waals surface area contributed by atoms with E-state index in [1.165, 1.54) is 0 Å². The summed E-state index contributed by atoms with van der Waals surface area (Å²) in [6, 6.07) is 9.28. The number of hydrogen-bond acceptors (Lipinski definition) is 6. The summed E-state index contributed by atoms with van der Waals surface area (Å²) >= 11 is 0. The molecule has 0 amide bonds. The van der Waals surface area contributed by atoms with Crippen LogP contribution in [0, 0.1) is 5.41 Å². The number of sulfonamides is 1. The molecule has 8 nitrogen and oxygen atoms in total. The Bertz CT molecular complexity index is 960. The lowest BCUT2D eigenvalue weighted by molar-refractivity contribution is -0.192. The molecule has 3 fully saturated rings. The van der Waals surface area contributed by atoms with E-state index in [1.54, 1.807) is 28.6 Å². The van der Waals surface area contributed by atoms with Crippen LogP contribution in [-0.2, 0) is 19.6 Å². The molecule has 2 heterocycles. The SMILES string of the molecule is CN(CC1CC2(CCN(S(=O)(=O)c3ccccc3)CC2)CO1)C1CCC(O)CC1.O=C(O)C(F)(F)F. The monoisotopic (exact) mass is 536 g/mol. The maximum absolute atomic E-state index is 12.9. The third-order valence-corrected chi connectivity index (χ3v) is 9.39. The molecule has 1 atom stereocenters. The fourth-order valence-corrected chi connectivity index (χ4v) is 6.74. The predicted octanol–water partition coefficient (Wildman–Crippen LogP) is 3.12. The lowest BCUT2D eigenvalue weighted by atomic mass is 9.77. The van der Waals surface area contributed by atoms with E-state index in [-0.39, 0.29) is 17.6 Å². The smallest absolute Gasteiger partial charge is 0.475 e. The first-order chi connectivity index (χ1) is 16.8. The minimum Gasteiger partial charge on any atom is -0.475 e. The standard InChI is InChI=1S/C22H34N2O4S.C2HF3O2/c1-23(18-7-9-19(25)10-8-18)16-20-15-22(17-28-20)11-13-24(14-12-22)29(26,27)21-5-3-2-4-6-21;3-2(4,5)1(6)7/h2-6,18-20,25H,7-17H2,1H3;(H,6,7). The van der Waals surface area contributed by atoms with Gasteiger partial charge in [-0.05, 0) is 69.5 Å². The van der Waals surface area contributed by atoms with Crippen LogP contribution in [0.4, 0.5) is 13.2 Å². The molecule has 2 N–H and O–H groups in total. The summed E-state index contributed by atoms with van der Waals surface area (Å²) in [4.78, 5) is 11.7. The highest BCUT2D eigenvalue weighted by molar-refractivity contribution is 7.89. The van der Waals surface area contributed by atoms with Gasteiger partial charge in [-0.2, -0.15) is 17.5 Å². The van der Waals surface area contributed by atoms with Crippen molar-refractivity contribution >= 4 is 16.0 Å². The van der Waals surface area contributed by atoms with Crippen LogP contribution < -0.4 is 0 Å². The predicted molar refractivity (Wildman–Crippen MR) is 126 cm³/mol. The summed E-state index contributed by atoms with van der Waals surface area (Å²) in [7, 11) is -1.22. The van der Waals surface area contributed by atoms with Crippen LogP contribution in [0.5, 0.6) is 0 Å². The second-order valence-corrected chi connectivity index (χ2v) is 12.0. The van der Waals surface area contributed by atoms with Gasteiger partial charge in [-0.15, -0.1) is 0 Å². The molecule has 1 unspecified atom stereocenters. The number of aliphatic carboxylic acids is 1. The van der Waals surface area contributed by atoms with Crippen LogP contribution in [0.3, 0.4) is 0 Å². The molecule has 36 heavy (non-hydrogen) atoms. The Labute approximate surface area is 210 Å². The molecule has 1 spiro atoms. The number of rotatable bonds is 5. The Balaban J connectivity index is 0.000000454. The van der Waals surface area contributed by atoms with Crippen LogP contribution >= 0.6 is 0 Å². The average Bonchev–Trinajstić information content (AvgIpc) is 3.21. The number of aliphatic hydroxyl groups is 1. The zero-order valence-corrected chi connectivity index (χ0v) is 21.2. The van der Waals surface area contributed by atoms with E-state index in [2.05, 4.69) is 11.9 Å². The lowest BCUT2D eigenvalue weighted by Gasteiger charge is -2.38. The van der Waals surface area contributed by atoms with Crippen molar-refractivity contribution in [3.05, 3.63) is 30.3 Å². The van der Waals surface area contributed by atoms with Gasteiger partial charge in [0, 0.05) is 25.7 Å². The van der Waals surface area contributed by atoms with E-state index < -0.39 is 22.2 Å². The second kappa shape index (κ2) is 11.8. The molecule has 1 saturated carbocycles. The highest BCUT2D eigenvalue weighted by atomic mass is 32.2. The molecule has 2 aliphatic heterocycles. The first-order valence-electron chi connectivity index (χ1n) is 12.2. The van der Waals surface area contributed by atoms with Crippen molar-refractivity contribution in [3.8, 4) is 0 Å². The van der Waals surface area contributed by atoms with Crippen LogP contribution in [0.15, 0.2) is 35.2 Å². The minimum absolute atomic E-state index is 0.122. The fourth-order valence-electron chi connectivity index (χ4n) is 5.27. The van der Waals surface area contributed by atoms with Crippen molar-refractivity contribution in [3.63, 3.8) is 0 Å². The molecule has 1 aromatic carbocycles. The van der Waals surface area contributed by atoms with Gasteiger partial charge < -0.3 is 19.8 Å². The molecule has 4 rings (SSSR count). The molecule has 204 valence electrons. The Kier molecular flexibility index (Phi) is 9.42. The van der Waals surface area contributed by atoms with E-state index in [4.69, 9.17) is 14.6 Å². The van der Waals surface area contributed by atoms with E-state index in [0.717, 1.165) is 58.1 Å². The van der Waals surface area contributed by atoms with Gasteiger partial charge in [-0.1, -0.05) is 18.2 Å². The summed E-state index contributed by atoms with van der Waals surface area (Å²) < 4.78 is 65.3. The zero-order valence-electron chi connectivity index (χ0n) is 20.4. The molecule has 0 aromatic heterocycles. The largest absolute Gasteiger partial charge is 0.490 e. The van der Waals surface area contributed by atoms with Gasteiger partial charge in [0.05, 0.1) is 23.7 Å². The number of alkyl halides is 3. The van der Waals surface area contributed by atoms with E-state index in [1.807, 2.05) is 6.07 Å². The first-order valence-corrected chi connectivity index (χ1v) is 13.6. The van der Waals surface area contributed by atoms with Crippen LogP contribution in [0.2, 0.25) is 0 Å². The number of nitrogens with zero attached hydrogens (tertiary/aromatic N) is 2. The van der Waals surface area contributed by atoms with Crippen LogP contribution in [0.1, 0.15) is 44.9 Å². The normalized spacial score (nSPS) is 27.0. The molecule has 2 saturated heterocycles. The van der Waals surface area contributed by atoms with Gasteiger partial charge in [0.1, 0.15) is 0 Å². The van der Waals surface area contributed by atoms with Gasteiger partial charge >= 0.3 is 12.1 Å². The van der Waals surface area contributed by atoms with E-state index >= 15 is 0 Å². The van der Waals surface area contributed by atoms with Crippen molar-refractivity contribution in [2.75, 3.05) is 33.3 Å². The summed E-state index contributed by atoms with van der Waals surface area (Å²) in [6.45, 7) is 2.82. The Morgan fingerprint density at radius 1 is 1.14 bits per heavy atom. The molecule has 12 heteroatoms. The molecule has 0 bridgehead atoms. The summed E-state index contributed by atoms with van der Waals surface area (Å²) in [5, 5.41) is 16.8. The topological polar surface area (TPSA) is 107 Å². The number of ether oxygens (including phenoxy) is 1. The molecule has 3 aliphatic rings. The number of hydrogen-bond donors (Lipinski definition) is 2. The summed E-state index contributed by atoms with van der Waals surface area (Å²) in [5.41, 5.74) is 0.122. The molecule has 1 aromatic rings. The Morgan fingerprint density at radius 2 is 1.69 bits per heavy atom. The number of carboxylic acids is 1. The minimum atomic E-state index is -5.08. The molecule has 0 radical (unpaired) electrons. The van der Waals surface area contributed by atoms with E-state index in [9.17, 15) is 26.7 Å². The third-order valence-electron chi connectivity index (χ3n) is 7.47. The molecule has 1 aliphatic carbocycles. The summed E-state index contributed by atoms with van der Waals surface area (Å²) in [6.07, 6.45) is 1.69. The van der Waals surface area contributed by atoms with Crippen LogP contribution in [0.25, 0.3) is 0 Å². The zero-order chi connectivity index (χ0) is 26.6. The number of carbonyl (C=O) groups is 1. The van der Waals surface area contributed by atoms with Crippen LogP contribution in [-0.4, -0.2) is 91.5 Å². The van der Waals surface area contributed by atoms with Crippen molar-refractivity contribution in [2.24, 2.45) is 5.41 Å². The quantitative estimate of drug-likeness (QED) is 0.596. The number of carboxylic acid groups (broad SMARTS) is 1. The van der Waals surface area contributed by atoms with Gasteiger partial charge in [0.15, 0.2) is 0 Å². The van der Waals surface area contributed by atoms with E-state index in [0.29, 0.717) is 24.0 Å². The molecular weight excluding hydrogens is 501 g/mol. The maximum atomic E-state index is 12.9. The van der Waals surface area contributed by atoms with Crippen molar-refractivity contribution in [1.29, 1.82) is 0 Å². The first kappa shape index (κ1) is 28.8. The van der Waals surface area contributed by atoms with Gasteiger partial charge in [-0.3, -0.25) is 0 Å². The second-order valence-electron chi connectivity index (χ2n) is 10.1.